The Balaban J connectivity index is 2.00. The van der Waals surface area contributed by atoms with E-state index in [0.717, 1.165) is 19.3 Å². The minimum Gasteiger partial charge on any atom is -0.345 e. The number of hydrogen-bond acceptors (Lipinski definition) is 4. The van der Waals surface area contributed by atoms with Gasteiger partial charge in [0.1, 0.15) is 11.6 Å². The van der Waals surface area contributed by atoms with E-state index in [1.165, 1.54) is 42.5 Å². The molecule has 3 aromatic rings. The Morgan fingerprint density at radius 1 is 1.03 bits per heavy atom. The van der Waals surface area contributed by atoms with Crippen molar-refractivity contribution >= 4 is 21.4 Å². The molecule has 2 aromatic carbocycles. The number of aromatic nitrogens is 1. The average Bonchev–Trinajstić information content (AvgIpc) is 3.10. The molecule has 6 nitrogen and oxygen atoms in total. The lowest BCUT2D eigenvalue weighted by Gasteiger charge is -2.20. The standard InChI is InChI=1S/C25H29F2N3O3S/c1-5-29(6-2)14-15-30-16-20(17(3)24(30)23-21(26)8-7-9-22(23)27)25(31)28-18-10-12-19(13-11-18)34(4,32)33/h7-13,16H,5-6,14-15H2,1-4H3,(H,28,31). The molecule has 0 spiro atoms. The van der Waals surface area contributed by atoms with Gasteiger partial charge in [0.25, 0.3) is 5.91 Å². The molecule has 0 aliphatic carbocycles. The molecule has 0 aliphatic heterocycles. The second-order valence-electron chi connectivity index (χ2n) is 8.08. The number of halogens is 2. The summed E-state index contributed by atoms with van der Waals surface area (Å²) in [7, 11) is -3.36. The lowest BCUT2D eigenvalue weighted by Crippen LogP contribution is -2.27. The fourth-order valence-electron chi connectivity index (χ4n) is 3.89. The molecule has 34 heavy (non-hydrogen) atoms. The fourth-order valence-corrected chi connectivity index (χ4v) is 4.52. The van der Waals surface area contributed by atoms with Crippen LogP contribution in [0, 0.1) is 18.6 Å². The van der Waals surface area contributed by atoms with E-state index in [2.05, 4.69) is 10.2 Å². The Kier molecular flexibility index (Phi) is 7.89. The third-order valence-corrected chi connectivity index (χ3v) is 7.00. The number of carbonyl (C=O) groups is 1. The molecule has 0 saturated heterocycles. The van der Waals surface area contributed by atoms with Gasteiger partial charge in [-0.15, -0.1) is 0 Å². The fraction of sp³-hybridized carbons (Fsp3) is 0.320. The largest absolute Gasteiger partial charge is 0.345 e. The number of likely N-dealkylation sites (N-methyl/N-ethyl adjacent to an activating group) is 1. The molecule has 0 fully saturated rings. The van der Waals surface area contributed by atoms with Crippen LogP contribution in [0.3, 0.4) is 0 Å². The molecule has 3 rings (SSSR count). The second-order valence-corrected chi connectivity index (χ2v) is 10.1. The molecule has 0 radical (unpaired) electrons. The molecule has 9 heteroatoms. The summed E-state index contributed by atoms with van der Waals surface area (Å²) in [5.41, 5.74) is 1.29. The quantitative estimate of drug-likeness (QED) is 0.471. The van der Waals surface area contributed by atoms with Gasteiger partial charge in [-0.3, -0.25) is 4.79 Å². The molecule has 1 amide bonds. The first-order chi connectivity index (χ1) is 16.1. The van der Waals surface area contributed by atoms with Crippen molar-refractivity contribution < 1.29 is 22.0 Å². The molecule has 1 aromatic heterocycles. The smallest absolute Gasteiger partial charge is 0.257 e. The molecule has 0 saturated carbocycles. The molecule has 0 unspecified atom stereocenters. The van der Waals surface area contributed by atoms with Gasteiger partial charge in [-0.05, 0) is 62.0 Å². The van der Waals surface area contributed by atoms with Gasteiger partial charge < -0.3 is 14.8 Å². The monoisotopic (exact) mass is 489 g/mol. The summed E-state index contributed by atoms with van der Waals surface area (Å²) in [6.07, 6.45) is 2.72. The van der Waals surface area contributed by atoms with Gasteiger partial charge in [0, 0.05) is 31.2 Å². The first-order valence-corrected chi connectivity index (χ1v) is 12.9. The molecule has 0 aliphatic rings. The van der Waals surface area contributed by atoms with E-state index in [4.69, 9.17) is 0 Å². The van der Waals surface area contributed by atoms with Crippen LogP contribution in [0.1, 0.15) is 29.8 Å². The van der Waals surface area contributed by atoms with E-state index >= 15 is 0 Å². The normalized spacial score (nSPS) is 11.7. The molecule has 182 valence electrons. The Bertz CT molecular complexity index is 1260. The van der Waals surface area contributed by atoms with Gasteiger partial charge in [-0.2, -0.15) is 0 Å². The maximum absolute atomic E-state index is 14.7. The zero-order valence-electron chi connectivity index (χ0n) is 19.7. The third kappa shape index (κ3) is 5.53. The summed E-state index contributed by atoms with van der Waals surface area (Å²) >= 11 is 0. The Morgan fingerprint density at radius 3 is 2.15 bits per heavy atom. The SMILES string of the molecule is CCN(CC)CCn1cc(C(=O)Nc2ccc(S(C)(=O)=O)cc2)c(C)c1-c1c(F)cccc1F. The van der Waals surface area contributed by atoms with Crippen LogP contribution in [0.2, 0.25) is 0 Å². The van der Waals surface area contributed by atoms with Crippen molar-refractivity contribution in [2.45, 2.75) is 32.2 Å². The Morgan fingerprint density at radius 2 is 1.62 bits per heavy atom. The number of carbonyl (C=O) groups excluding carboxylic acids is 1. The summed E-state index contributed by atoms with van der Waals surface area (Å²) in [6.45, 7) is 8.50. The van der Waals surface area contributed by atoms with E-state index in [1.54, 1.807) is 17.7 Å². The number of rotatable bonds is 9. The summed E-state index contributed by atoms with van der Waals surface area (Å²) in [6, 6.07) is 9.52. The first kappa shape index (κ1) is 25.6. The van der Waals surface area contributed by atoms with E-state index < -0.39 is 27.4 Å². The van der Waals surface area contributed by atoms with Crippen molar-refractivity contribution in [2.75, 3.05) is 31.2 Å². The maximum atomic E-state index is 14.7. The Hall–Kier alpha value is -3.04. The highest BCUT2D eigenvalue weighted by molar-refractivity contribution is 7.90. The minimum absolute atomic E-state index is 0.140. The van der Waals surface area contributed by atoms with Gasteiger partial charge in [0.15, 0.2) is 9.84 Å². The minimum atomic E-state index is -3.36. The van der Waals surface area contributed by atoms with Crippen molar-refractivity contribution in [2.24, 2.45) is 0 Å². The van der Waals surface area contributed by atoms with Gasteiger partial charge in [0.05, 0.1) is 21.7 Å². The van der Waals surface area contributed by atoms with Crippen LogP contribution >= 0.6 is 0 Å². The number of anilines is 1. The highest BCUT2D eigenvalue weighted by Gasteiger charge is 2.24. The number of sulfone groups is 1. The number of amides is 1. The first-order valence-electron chi connectivity index (χ1n) is 11.0. The van der Waals surface area contributed by atoms with E-state index in [-0.39, 0.29) is 16.0 Å². The molecule has 0 atom stereocenters. The van der Waals surface area contributed by atoms with Crippen LogP contribution in [0.25, 0.3) is 11.3 Å². The van der Waals surface area contributed by atoms with Crippen LogP contribution in [-0.2, 0) is 16.4 Å². The van der Waals surface area contributed by atoms with Crippen LogP contribution in [-0.4, -0.2) is 49.7 Å². The van der Waals surface area contributed by atoms with Gasteiger partial charge in [-0.1, -0.05) is 19.9 Å². The van der Waals surface area contributed by atoms with E-state index in [1.807, 2.05) is 13.8 Å². The number of benzene rings is 2. The van der Waals surface area contributed by atoms with Crippen LogP contribution in [0.5, 0.6) is 0 Å². The molecular weight excluding hydrogens is 460 g/mol. The Labute approximate surface area is 199 Å². The third-order valence-electron chi connectivity index (χ3n) is 5.87. The number of hydrogen-bond donors (Lipinski definition) is 1. The van der Waals surface area contributed by atoms with Crippen LogP contribution in [0.15, 0.2) is 53.6 Å². The number of nitrogens with zero attached hydrogens (tertiary/aromatic N) is 2. The molecule has 1 heterocycles. The average molecular weight is 490 g/mol. The van der Waals surface area contributed by atoms with Crippen molar-refractivity contribution in [3.63, 3.8) is 0 Å². The molecular formula is C25H29F2N3O3S. The van der Waals surface area contributed by atoms with Crippen molar-refractivity contribution in [1.29, 1.82) is 0 Å². The summed E-state index contributed by atoms with van der Waals surface area (Å²) in [5.74, 6) is -1.86. The van der Waals surface area contributed by atoms with Crippen LogP contribution in [0.4, 0.5) is 14.5 Å². The molecule has 0 bridgehead atoms. The molecule has 1 N–H and O–H groups in total. The van der Waals surface area contributed by atoms with Gasteiger partial charge in [-0.25, -0.2) is 17.2 Å². The van der Waals surface area contributed by atoms with E-state index in [0.29, 0.717) is 30.0 Å². The maximum Gasteiger partial charge on any atom is 0.257 e. The highest BCUT2D eigenvalue weighted by Crippen LogP contribution is 2.32. The van der Waals surface area contributed by atoms with Gasteiger partial charge >= 0.3 is 0 Å². The zero-order chi connectivity index (χ0) is 25.0. The lowest BCUT2D eigenvalue weighted by molar-refractivity contribution is 0.102. The van der Waals surface area contributed by atoms with Crippen molar-refractivity contribution in [3.8, 4) is 11.3 Å². The second kappa shape index (κ2) is 10.5. The zero-order valence-corrected chi connectivity index (χ0v) is 20.5. The lowest BCUT2D eigenvalue weighted by atomic mass is 10.0. The van der Waals surface area contributed by atoms with Crippen molar-refractivity contribution in [1.82, 2.24) is 9.47 Å². The predicted molar refractivity (Wildman–Crippen MR) is 130 cm³/mol. The predicted octanol–water partition coefficient (Wildman–Crippen LogP) is 4.74. The highest BCUT2D eigenvalue weighted by atomic mass is 32.2. The van der Waals surface area contributed by atoms with E-state index in [9.17, 15) is 22.0 Å². The van der Waals surface area contributed by atoms with Crippen molar-refractivity contribution in [3.05, 3.63) is 71.4 Å². The summed E-state index contributed by atoms with van der Waals surface area (Å²) < 4.78 is 54.5. The topological polar surface area (TPSA) is 71.4 Å². The van der Waals surface area contributed by atoms with Crippen LogP contribution < -0.4 is 5.32 Å². The summed E-state index contributed by atoms with van der Waals surface area (Å²) in [4.78, 5) is 15.4. The van der Waals surface area contributed by atoms with Gasteiger partial charge in [0.2, 0.25) is 0 Å². The number of nitrogens with one attached hydrogen (secondary N) is 1. The summed E-state index contributed by atoms with van der Waals surface area (Å²) in [5, 5.41) is 2.74.